The molecule has 224 valence electrons. The number of para-hydroxylation sites is 1. The van der Waals surface area contributed by atoms with Crippen LogP contribution in [0.4, 0.5) is 17.1 Å². The summed E-state index contributed by atoms with van der Waals surface area (Å²) in [6, 6.07) is 63.3. The molecule has 48 heavy (non-hydrogen) atoms. The lowest BCUT2D eigenvalue weighted by atomic mass is 9.96. The first-order valence-corrected chi connectivity index (χ1v) is 16.4. The number of rotatable bonds is 4. The van der Waals surface area contributed by atoms with E-state index in [1.165, 1.54) is 43.4 Å². The van der Waals surface area contributed by atoms with Crippen molar-refractivity contribution in [1.82, 2.24) is 0 Å². The molecule has 1 aromatic heterocycles. The SMILES string of the molecule is c1ccc(-c2cccc(N(c3ccc4c(ccc5ccc6ccccc6c54)c3)c3cccc4ccc5c6ccccc6oc5c34)c2)cc1. The van der Waals surface area contributed by atoms with Crippen LogP contribution < -0.4 is 4.90 Å². The smallest absolute Gasteiger partial charge is 0.145 e. The minimum absolute atomic E-state index is 0.900. The van der Waals surface area contributed by atoms with Gasteiger partial charge in [-0.2, -0.15) is 0 Å². The summed E-state index contributed by atoms with van der Waals surface area (Å²) in [7, 11) is 0. The number of nitrogens with zero attached hydrogens (tertiary/aromatic N) is 1. The first-order chi connectivity index (χ1) is 23.8. The maximum Gasteiger partial charge on any atom is 0.145 e. The highest BCUT2D eigenvalue weighted by atomic mass is 16.3. The average molecular weight is 612 g/mol. The highest BCUT2D eigenvalue weighted by Crippen LogP contribution is 2.45. The molecule has 0 radical (unpaired) electrons. The summed E-state index contributed by atoms with van der Waals surface area (Å²) < 4.78 is 6.65. The number of hydrogen-bond donors (Lipinski definition) is 0. The summed E-state index contributed by atoms with van der Waals surface area (Å²) in [5.74, 6) is 0. The predicted molar refractivity (Wildman–Crippen MR) is 204 cm³/mol. The van der Waals surface area contributed by atoms with E-state index in [-0.39, 0.29) is 0 Å². The van der Waals surface area contributed by atoms with Gasteiger partial charge in [0.05, 0.1) is 5.69 Å². The molecule has 0 fully saturated rings. The third-order valence-corrected chi connectivity index (χ3v) is 9.78. The molecule has 0 unspecified atom stereocenters. The summed E-state index contributed by atoms with van der Waals surface area (Å²) in [6.07, 6.45) is 0. The quantitative estimate of drug-likeness (QED) is 0.184. The third kappa shape index (κ3) is 4.13. The lowest BCUT2D eigenvalue weighted by molar-refractivity contribution is 0.672. The molecule has 0 N–H and O–H groups in total. The number of benzene rings is 9. The van der Waals surface area contributed by atoms with E-state index < -0.39 is 0 Å². The first kappa shape index (κ1) is 26.8. The van der Waals surface area contributed by atoms with Gasteiger partial charge in [0.1, 0.15) is 11.2 Å². The molecular weight excluding hydrogens is 583 g/mol. The van der Waals surface area contributed by atoms with Crippen molar-refractivity contribution in [3.63, 3.8) is 0 Å². The van der Waals surface area contributed by atoms with Gasteiger partial charge < -0.3 is 9.32 Å². The standard InChI is InChI=1S/C46H29NO/c1-2-10-30(11-3-1)34-14-8-15-36(28-34)47(42-18-9-13-32-24-26-41-40-17-6-7-19-43(40)48-46(41)45(32)42)37-25-27-39-35(29-37)23-22-33-21-20-31-12-4-5-16-38(31)44(33)39/h1-29H. The lowest BCUT2D eigenvalue weighted by Crippen LogP contribution is -2.10. The third-order valence-electron chi connectivity index (χ3n) is 9.78. The molecule has 0 bridgehead atoms. The van der Waals surface area contributed by atoms with E-state index in [1.807, 2.05) is 6.07 Å². The van der Waals surface area contributed by atoms with Crippen molar-refractivity contribution >= 4 is 82.1 Å². The summed E-state index contributed by atoms with van der Waals surface area (Å²) in [6.45, 7) is 0. The van der Waals surface area contributed by atoms with Gasteiger partial charge >= 0.3 is 0 Å². The van der Waals surface area contributed by atoms with Crippen LogP contribution in [-0.4, -0.2) is 0 Å². The molecule has 0 spiro atoms. The summed E-state index contributed by atoms with van der Waals surface area (Å²) in [4.78, 5) is 2.40. The maximum absolute atomic E-state index is 6.65. The molecule has 10 rings (SSSR count). The van der Waals surface area contributed by atoms with Crippen LogP contribution in [0.1, 0.15) is 0 Å². The molecule has 9 aromatic carbocycles. The van der Waals surface area contributed by atoms with Gasteiger partial charge in [0.15, 0.2) is 0 Å². The van der Waals surface area contributed by atoms with Crippen LogP contribution >= 0.6 is 0 Å². The Morgan fingerprint density at radius 3 is 1.90 bits per heavy atom. The van der Waals surface area contributed by atoms with Crippen LogP contribution in [0.25, 0.3) is 76.2 Å². The second-order valence-corrected chi connectivity index (χ2v) is 12.5. The molecule has 2 heteroatoms. The summed E-state index contributed by atoms with van der Waals surface area (Å²) in [5.41, 5.74) is 7.42. The number of fused-ring (bicyclic) bond motifs is 10. The molecule has 0 aliphatic rings. The van der Waals surface area contributed by atoms with Crippen LogP contribution in [0.2, 0.25) is 0 Å². The van der Waals surface area contributed by atoms with Crippen LogP contribution in [0.3, 0.4) is 0 Å². The second kappa shape index (κ2) is 10.6. The van der Waals surface area contributed by atoms with Crippen LogP contribution in [0, 0.1) is 0 Å². The highest BCUT2D eigenvalue weighted by Gasteiger charge is 2.21. The fraction of sp³-hybridized carbons (Fsp3) is 0. The zero-order valence-electron chi connectivity index (χ0n) is 26.1. The Morgan fingerprint density at radius 2 is 0.979 bits per heavy atom. The average Bonchev–Trinajstić information content (AvgIpc) is 3.54. The van der Waals surface area contributed by atoms with E-state index in [1.54, 1.807) is 0 Å². The van der Waals surface area contributed by atoms with Gasteiger partial charge in [-0.05, 0) is 91.3 Å². The van der Waals surface area contributed by atoms with Gasteiger partial charge in [-0.25, -0.2) is 0 Å². The molecule has 0 atom stereocenters. The van der Waals surface area contributed by atoms with Gasteiger partial charge in [-0.3, -0.25) is 0 Å². The Morgan fingerprint density at radius 1 is 0.354 bits per heavy atom. The number of anilines is 3. The predicted octanol–water partition coefficient (Wildman–Crippen LogP) is 13.3. The molecule has 0 amide bonds. The molecule has 0 saturated carbocycles. The fourth-order valence-electron chi connectivity index (χ4n) is 7.56. The maximum atomic E-state index is 6.65. The van der Waals surface area contributed by atoms with Gasteiger partial charge in [-0.1, -0.05) is 133 Å². The zero-order chi connectivity index (χ0) is 31.6. The van der Waals surface area contributed by atoms with E-state index >= 15 is 0 Å². The van der Waals surface area contributed by atoms with Crippen molar-refractivity contribution < 1.29 is 4.42 Å². The molecule has 0 aliphatic carbocycles. The van der Waals surface area contributed by atoms with E-state index in [9.17, 15) is 0 Å². The van der Waals surface area contributed by atoms with E-state index in [4.69, 9.17) is 4.42 Å². The molecular formula is C46H29NO. The molecule has 0 aliphatic heterocycles. The van der Waals surface area contributed by atoms with Crippen molar-refractivity contribution in [3.8, 4) is 11.1 Å². The topological polar surface area (TPSA) is 16.4 Å². The van der Waals surface area contributed by atoms with E-state index in [0.717, 1.165) is 49.8 Å². The van der Waals surface area contributed by atoms with Crippen molar-refractivity contribution in [1.29, 1.82) is 0 Å². The fourth-order valence-corrected chi connectivity index (χ4v) is 7.56. The lowest BCUT2D eigenvalue weighted by Gasteiger charge is -2.28. The second-order valence-electron chi connectivity index (χ2n) is 12.5. The Kier molecular flexibility index (Phi) is 5.91. The van der Waals surface area contributed by atoms with Gasteiger partial charge in [0.2, 0.25) is 0 Å². The Hall–Kier alpha value is -6.38. The van der Waals surface area contributed by atoms with Crippen LogP contribution in [0.5, 0.6) is 0 Å². The van der Waals surface area contributed by atoms with E-state index in [2.05, 4.69) is 175 Å². The highest BCUT2D eigenvalue weighted by molar-refractivity contribution is 6.22. The van der Waals surface area contributed by atoms with Crippen LogP contribution in [-0.2, 0) is 0 Å². The van der Waals surface area contributed by atoms with Crippen molar-refractivity contribution in [2.24, 2.45) is 0 Å². The van der Waals surface area contributed by atoms with Gasteiger partial charge in [0.25, 0.3) is 0 Å². The Balaban J connectivity index is 1.27. The van der Waals surface area contributed by atoms with Crippen molar-refractivity contribution in [3.05, 3.63) is 176 Å². The monoisotopic (exact) mass is 611 g/mol. The Bertz CT molecular complexity index is 2850. The Labute approximate surface area is 277 Å². The minimum atomic E-state index is 0.900. The van der Waals surface area contributed by atoms with Crippen molar-refractivity contribution in [2.45, 2.75) is 0 Å². The molecule has 2 nitrogen and oxygen atoms in total. The van der Waals surface area contributed by atoms with E-state index in [0.29, 0.717) is 0 Å². The zero-order valence-corrected chi connectivity index (χ0v) is 26.1. The van der Waals surface area contributed by atoms with Crippen LogP contribution in [0.15, 0.2) is 180 Å². The first-order valence-electron chi connectivity index (χ1n) is 16.4. The largest absolute Gasteiger partial charge is 0.455 e. The molecule has 1 heterocycles. The number of furan rings is 1. The van der Waals surface area contributed by atoms with Crippen molar-refractivity contribution in [2.75, 3.05) is 4.90 Å². The number of hydrogen-bond acceptors (Lipinski definition) is 2. The normalized spacial score (nSPS) is 11.8. The van der Waals surface area contributed by atoms with Gasteiger partial charge in [0, 0.05) is 27.5 Å². The van der Waals surface area contributed by atoms with Gasteiger partial charge in [-0.15, -0.1) is 0 Å². The molecule has 10 aromatic rings. The summed E-state index contributed by atoms with van der Waals surface area (Å²) >= 11 is 0. The minimum Gasteiger partial charge on any atom is -0.455 e. The molecule has 0 saturated heterocycles. The summed E-state index contributed by atoms with van der Waals surface area (Å²) in [5, 5.41) is 12.0.